The average Bonchev–Trinajstić information content (AvgIpc) is 3.20. The summed E-state index contributed by atoms with van der Waals surface area (Å²) < 4.78 is 2.13. The van der Waals surface area contributed by atoms with Gasteiger partial charge in [0.25, 0.3) is 0 Å². The van der Waals surface area contributed by atoms with Gasteiger partial charge in [0.2, 0.25) is 0 Å². The molecule has 0 aliphatic carbocycles. The lowest BCUT2D eigenvalue weighted by Crippen LogP contribution is -2.08. The van der Waals surface area contributed by atoms with Crippen LogP contribution in [0.4, 0.5) is 5.82 Å². The summed E-state index contributed by atoms with van der Waals surface area (Å²) in [6.07, 6.45) is 3.84. The number of thiazole rings is 1. The Labute approximate surface area is 149 Å². The summed E-state index contributed by atoms with van der Waals surface area (Å²) >= 11 is 1.66. The lowest BCUT2D eigenvalue weighted by atomic mass is 10.3. The monoisotopic (exact) mass is 350 g/mol. The fraction of sp³-hybridized carbons (Fsp3) is 0.222. The number of nitrogens with zero attached hydrogens (tertiary/aromatic N) is 5. The van der Waals surface area contributed by atoms with Gasteiger partial charge in [0, 0.05) is 17.8 Å². The van der Waals surface area contributed by atoms with Gasteiger partial charge >= 0.3 is 0 Å². The number of anilines is 1. The smallest absolute Gasteiger partial charge is 0.154 e. The first-order valence-electron chi connectivity index (χ1n) is 8.07. The van der Waals surface area contributed by atoms with Crippen molar-refractivity contribution < 1.29 is 0 Å². The Bertz CT molecular complexity index is 1010. The molecule has 0 amide bonds. The van der Waals surface area contributed by atoms with Gasteiger partial charge in [-0.05, 0) is 32.0 Å². The van der Waals surface area contributed by atoms with E-state index in [1.165, 1.54) is 0 Å². The van der Waals surface area contributed by atoms with E-state index in [9.17, 15) is 0 Å². The zero-order valence-corrected chi connectivity index (χ0v) is 14.9. The number of fused-ring (bicyclic) bond motifs is 1. The van der Waals surface area contributed by atoms with Crippen LogP contribution in [0.15, 0.2) is 42.0 Å². The van der Waals surface area contributed by atoms with Crippen LogP contribution in [0, 0.1) is 13.8 Å². The molecule has 0 radical (unpaired) electrons. The summed E-state index contributed by atoms with van der Waals surface area (Å²) in [5.41, 5.74) is 3.94. The molecule has 1 N–H and O–H groups in total. The minimum absolute atomic E-state index is 0.644. The van der Waals surface area contributed by atoms with E-state index < -0.39 is 0 Å². The highest BCUT2D eigenvalue weighted by molar-refractivity contribution is 7.09. The molecule has 7 heteroatoms. The number of pyridine rings is 1. The third kappa shape index (κ3) is 3.36. The van der Waals surface area contributed by atoms with Crippen molar-refractivity contribution in [3.63, 3.8) is 0 Å². The fourth-order valence-electron chi connectivity index (χ4n) is 2.81. The first kappa shape index (κ1) is 15.7. The highest BCUT2D eigenvalue weighted by Gasteiger charge is 2.12. The Kier molecular flexibility index (Phi) is 4.15. The Balaban J connectivity index is 1.68. The molecule has 0 saturated carbocycles. The molecule has 25 heavy (non-hydrogen) atoms. The molecule has 4 rings (SSSR count). The van der Waals surface area contributed by atoms with Gasteiger partial charge in [-0.15, -0.1) is 11.3 Å². The van der Waals surface area contributed by atoms with Crippen LogP contribution in [-0.2, 0) is 13.1 Å². The summed E-state index contributed by atoms with van der Waals surface area (Å²) in [5.74, 6) is 1.58. The molecule has 0 fully saturated rings. The summed E-state index contributed by atoms with van der Waals surface area (Å²) in [6.45, 7) is 5.25. The van der Waals surface area contributed by atoms with Crippen molar-refractivity contribution in [3.8, 4) is 0 Å². The fourth-order valence-corrected chi connectivity index (χ4v) is 3.42. The Morgan fingerprint density at radius 3 is 2.76 bits per heavy atom. The van der Waals surface area contributed by atoms with Gasteiger partial charge < -0.3 is 9.88 Å². The summed E-state index contributed by atoms with van der Waals surface area (Å²) in [5, 5.41) is 6.56. The second-order valence-corrected chi connectivity index (χ2v) is 6.89. The third-order valence-corrected chi connectivity index (χ3v) is 4.71. The van der Waals surface area contributed by atoms with Gasteiger partial charge in [-0.25, -0.2) is 15.0 Å². The topological polar surface area (TPSA) is 68.5 Å². The van der Waals surface area contributed by atoms with Crippen molar-refractivity contribution in [1.82, 2.24) is 24.5 Å². The van der Waals surface area contributed by atoms with Crippen molar-refractivity contribution >= 4 is 28.2 Å². The van der Waals surface area contributed by atoms with Crippen molar-refractivity contribution in [2.75, 3.05) is 5.32 Å². The number of aromatic nitrogens is 5. The van der Waals surface area contributed by atoms with Crippen LogP contribution in [0.5, 0.6) is 0 Å². The standard InChI is InChI=1S/C18H18N6S/c1-12-21-16-6-8-24(10-14-5-3-4-7-19-14)17(16)18(22-12)20-9-15-11-25-13(2)23-15/h3-8,11H,9-10H2,1-2H3,(H,20,21,22). The van der Waals surface area contributed by atoms with Crippen molar-refractivity contribution in [2.24, 2.45) is 0 Å². The molecule has 0 aromatic carbocycles. The lowest BCUT2D eigenvalue weighted by Gasteiger charge is -2.11. The predicted octanol–water partition coefficient (Wildman–Crippen LogP) is 3.56. The van der Waals surface area contributed by atoms with Crippen LogP contribution < -0.4 is 5.32 Å². The first-order chi connectivity index (χ1) is 12.2. The lowest BCUT2D eigenvalue weighted by molar-refractivity contribution is 0.804. The molecule has 4 aromatic rings. The largest absolute Gasteiger partial charge is 0.363 e. The van der Waals surface area contributed by atoms with Crippen LogP contribution in [0.2, 0.25) is 0 Å². The van der Waals surface area contributed by atoms with Gasteiger partial charge in [0.15, 0.2) is 5.82 Å². The summed E-state index contributed by atoms with van der Waals surface area (Å²) in [6, 6.07) is 7.96. The van der Waals surface area contributed by atoms with E-state index >= 15 is 0 Å². The van der Waals surface area contributed by atoms with Crippen LogP contribution in [-0.4, -0.2) is 24.5 Å². The van der Waals surface area contributed by atoms with Crippen molar-refractivity contribution in [3.05, 3.63) is 64.3 Å². The normalized spacial score (nSPS) is 11.1. The predicted molar refractivity (Wildman–Crippen MR) is 99.8 cm³/mol. The van der Waals surface area contributed by atoms with E-state index in [0.29, 0.717) is 13.1 Å². The molecule has 4 heterocycles. The maximum atomic E-state index is 4.61. The maximum Gasteiger partial charge on any atom is 0.154 e. The van der Waals surface area contributed by atoms with E-state index in [2.05, 4.69) is 35.2 Å². The Hall–Kier alpha value is -2.80. The van der Waals surface area contributed by atoms with Crippen molar-refractivity contribution in [1.29, 1.82) is 0 Å². The SMILES string of the molecule is Cc1nc(NCc2csc(C)n2)c2c(ccn2Cc2ccccn2)n1. The highest BCUT2D eigenvalue weighted by atomic mass is 32.1. The molecule has 0 atom stereocenters. The molecule has 126 valence electrons. The molecule has 4 aromatic heterocycles. The van der Waals surface area contributed by atoms with Crippen LogP contribution >= 0.6 is 11.3 Å². The molecular formula is C18H18N6S. The number of nitrogens with one attached hydrogen (secondary N) is 1. The quantitative estimate of drug-likeness (QED) is 0.596. The molecule has 0 unspecified atom stereocenters. The van der Waals surface area contributed by atoms with Crippen LogP contribution in [0.1, 0.15) is 22.2 Å². The average molecular weight is 350 g/mol. The van der Waals surface area contributed by atoms with Crippen LogP contribution in [0.25, 0.3) is 11.0 Å². The first-order valence-corrected chi connectivity index (χ1v) is 8.95. The maximum absolute atomic E-state index is 4.61. The third-order valence-electron chi connectivity index (χ3n) is 3.88. The van der Waals surface area contributed by atoms with Gasteiger partial charge in [-0.3, -0.25) is 4.98 Å². The second kappa shape index (κ2) is 6.60. The van der Waals surface area contributed by atoms with E-state index in [4.69, 9.17) is 0 Å². The van der Waals surface area contributed by atoms with Gasteiger partial charge in [0.1, 0.15) is 11.3 Å². The van der Waals surface area contributed by atoms with E-state index in [0.717, 1.165) is 39.1 Å². The number of aryl methyl sites for hydroxylation is 2. The summed E-state index contributed by atoms with van der Waals surface area (Å²) in [4.78, 5) is 18.1. The number of hydrogen-bond donors (Lipinski definition) is 1. The van der Waals surface area contributed by atoms with Gasteiger partial charge in [-0.2, -0.15) is 0 Å². The van der Waals surface area contributed by atoms with Crippen LogP contribution in [0.3, 0.4) is 0 Å². The number of hydrogen-bond acceptors (Lipinski definition) is 6. The van der Waals surface area contributed by atoms with E-state index in [1.54, 1.807) is 11.3 Å². The molecule has 6 nitrogen and oxygen atoms in total. The summed E-state index contributed by atoms with van der Waals surface area (Å²) in [7, 11) is 0. The van der Waals surface area contributed by atoms with Gasteiger partial charge in [-0.1, -0.05) is 6.07 Å². The molecule has 0 aliphatic heterocycles. The van der Waals surface area contributed by atoms with E-state index in [1.807, 2.05) is 50.5 Å². The Morgan fingerprint density at radius 2 is 2.00 bits per heavy atom. The zero-order valence-electron chi connectivity index (χ0n) is 14.1. The molecule has 0 spiro atoms. The number of rotatable bonds is 5. The molecule has 0 aliphatic rings. The van der Waals surface area contributed by atoms with E-state index in [-0.39, 0.29) is 0 Å². The van der Waals surface area contributed by atoms with Crippen molar-refractivity contribution in [2.45, 2.75) is 26.9 Å². The van der Waals surface area contributed by atoms with Gasteiger partial charge in [0.05, 0.1) is 35.0 Å². The molecule has 0 bridgehead atoms. The minimum Gasteiger partial charge on any atom is -0.363 e. The molecule has 0 saturated heterocycles. The second-order valence-electron chi connectivity index (χ2n) is 5.83. The minimum atomic E-state index is 0.644. The molecular weight excluding hydrogens is 332 g/mol. The zero-order chi connectivity index (χ0) is 17.2. The Morgan fingerprint density at radius 1 is 1.08 bits per heavy atom. The highest BCUT2D eigenvalue weighted by Crippen LogP contribution is 2.23.